The number of benzene rings is 1. The highest BCUT2D eigenvalue weighted by Gasteiger charge is 2.15. The Kier molecular flexibility index (Phi) is 2.00. The van der Waals surface area contributed by atoms with E-state index in [-0.39, 0.29) is 6.79 Å². The molecule has 1 aliphatic rings. The molecule has 2 heterocycles. The van der Waals surface area contributed by atoms with Crippen LogP contribution in [0.25, 0.3) is 11.4 Å². The Labute approximate surface area is 94.6 Å². The molecule has 0 bridgehead atoms. The van der Waals surface area contributed by atoms with Crippen LogP contribution >= 0.6 is 23.1 Å². The molecule has 0 saturated heterocycles. The van der Waals surface area contributed by atoms with E-state index in [1.165, 1.54) is 0 Å². The Hall–Kier alpha value is -1.33. The summed E-state index contributed by atoms with van der Waals surface area (Å²) < 4.78 is 15.0. The van der Waals surface area contributed by atoms with Crippen LogP contribution in [0.2, 0.25) is 4.47 Å². The molecule has 0 saturated carbocycles. The van der Waals surface area contributed by atoms with Crippen LogP contribution in [-0.2, 0) is 0 Å². The van der Waals surface area contributed by atoms with Crippen molar-refractivity contribution < 1.29 is 9.47 Å². The van der Waals surface area contributed by atoms with Crippen molar-refractivity contribution in [1.82, 2.24) is 9.36 Å². The van der Waals surface area contributed by atoms with Gasteiger partial charge in [-0.2, -0.15) is 4.37 Å². The smallest absolute Gasteiger partial charge is 0.231 e. The largest absolute Gasteiger partial charge is 0.454 e. The van der Waals surface area contributed by atoms with Gasteiger partial charge in [0, 0.05) is 5.56 Å². The van der Waals surface area contributed by atoms with E-state index in [9.17, 15) is 0 Å². The lowest BCUT2D eigenvalue weighted by Gasteiger charge is -1.97. The van der Waals surface area contributed by atoms with Crippen molar-refractivity contribution in [2.75, 3.05) is 6.79 Å². The highest BCUT2D eigenvalue weighted by Crippen LogP contribution is 2.35. The van der Waals surface area contributed by atoms with Crippen LogP contribution in [0.1, 0.15) is 0 Å². The summed E-state index contributed by atoms with van der Waals surface area (Å²) >= 11 is 6.88. The number of rotatable bonds is 1. The molecular weight excluding hydrogens is 236 g/mol. The molecule has 0 N–H and O–H groups in total. The first kappa shape index (κ1) is 8.94. The van der Waals surface area contributed by atoms with E-state index in [2.05, 4.69) is 9.36 Å². The number of ether oxygens (including phenoxy) is 2. The molecule has 6 heteroatoms. The summed E-state index contributed by atoms with van der Waals surface area (Å²) in [6.07, 6.45) is 0. The minimum absolute atomic E-state index is 0.268. The van der Waals surface area contributed by atoms with Gasteiger partial charge in [0.2, 0.25) is 11.3 Å². The van der Waals surface area contributed by atoms with E-state index in [1.807, 2.05) is 18.2 Å². The van der Waals surface area contributed by atoms with Crippen molar-refractivity contribution in [3.05, 3.63) is 22.7 Å². The molecule has 1 aromatic heterocycles. The van der Waals surface area contributed by atoms with Crippen molar-refractivity contribution in [3.63, 3.8) is 0 Å². The maximum absolute atomic E-state index is 5.72. The molecule has 2 aromatic rings. The van der Waals surface area contributed by atoms with Gasteiger partial charge in [0.15, 0.2) is 17.3 Å². The van der Waals surface area contributed by atoms with Gasteiger partial charge in [-0.05, 0) is 41.3 Å². The summed E-state index contributed by atoms with van der Waals surface area (Å²) in [6, 6.07) is 5.57. The molecular formula is C9H5ClN2O2S. The summed E-state index contributed by atoms with van der Waals surface area (Å²) in [5.41, 5.74) is 0.877. The van der Waals surface area contributed by atoms with Gasteiger partial charge in [-0.1, -0.05) is 0 Å². The van der Waals surface area contributed by atoms with Crippen molar-refractivity contribution in [2.45, 2.75) is 0 Å². The highest BCUT2D eigenvalue weighted by molar-refractivity contribution is 7.10. The van der Waals surface area contributed by atoms with Gasteiger partial charge >= 0.3 is 0 Å². The number of fused-ring (bicyclic) bond motifs is 1. The average Bonchev–Trinajstić information content (AvgIpc) is 2.84. The van der Waals surface area contributed by atoms with Crippen LogP contribution in [0.15, 0.2) is 18.2 Å². The second-order valence-corrected chi connectivity index (χ2v) is 4.27. The Balaban J connectivity index is 2.06. The Morgan fingerprint density at radius 1 is 1.27 bits per heavy atom. The van der Waals surface area contributed by atoms with Crippen LogP contribution in [0.3, 0.4) is 0 Å². The molecule has 0 fully saturated rings. The molecule has 0 aliphatic carbocycles. The van der Waals surface area contributed by atoms with E-state index in [0.717, 1.165) is 28.6 Å². The Morgan fingerprint density at radius 2 is 2.13 bits per heavy atom. The van der Waals surface area contributed by atoms with Gasteiger partial charge in [-0.25, -0.2) is 4.98 Å². The fourth-order valence-corrected chi connectivity index (χ4v) is 1.98. The second-order valence-electron chi connectivity index (χ2n) is 2.94. The molecule has 15 heavy (non-hydrogen) atoms. The molecule has 0 spiro atoms. The first-order valence-corrected chi connectivity index (χ1v) is 5.37. The van der Waals surface area contributed by atoms with Crippen LogP contribution in [0.4, 0.5) is 0 Å². The van der Waals surface area contributed by atoms with E-state index < -0.39 is 0 Å². The van der Waals surface area contributed by atoms with Gasteiger partial charge in [0.1, 0.15) is 0 Å². The zero-order chi connectivity index (χ0) is 10.3. The number of hydrogen-bond acceptors (Lipinski definition) is 5. The van der Waals surface area contributed by atoms with Gasteiger partial charge < -0.3 is 9.47 Å². The fraction of sp³-hybridized carbons (Fsp3) is 0.111. The lowest BCUT2D eigenvalue weighted by Crippen LogP contribution is -1.92. The van der Waals surface area contributed by atoms with E-state index in [0.29, 0.717) is 10.3 Å². The summed E-state index contributed by atoms with van der Waals surface area (Å²) in [5.74, 6) is 2.08. The third-order valence-corrected chi connectivity index (χ3v) is 2.83. The van der Waals surface area contributed by atoms with Crippen LogP contribution in [0, 0.1) is 0 Å². The van der Waals surface area contributed by atoms with E-state index in [1.54, 1.807) is 0 Å². The molecule has 1 aliphatic heterocycles. The molecule has 0 unspecified atom stereocenters. The molecule has 3 rings (SSSR count). The van der Waals surface area contributed by atoms with Crippen molar-refractivity contribution in [2.24, 2.45) is 0 Å². The summed E-state index contributed by atoms with van der Waals surface area (Å²) in [6.45, 7) is 0.268. The maximum Gasteiger partial charge on any atom is 0.231 e. The normalized spacial score (nSPS) is 13.1. The first-order valence-electron chi connectivity index (χ1n) is 4.22. The van der Waals surface area contributed by atoms with Crippen LogP contribution < -0.4 is 9.47 Å². The standard InChI is InChI=1S/C9H5ClN2O2S/c10-9-11-8(12-15-9)5-1-2-6-7(3-5)14-4-13-6/h1-3H,4H2. The van der Waals surface area contributed by atoms with Gasteiger partial charge in [0.05, 0.1) is 0 Å². The Morgan fingerprint density at radius 3 is 2.93 bits per heavy atom. The van der Waals surface area contributed by atoms with Gasteiger partial charge in [0.25, 0.3) is 0 Å². The lowest BCUT2D eigenvalue weighted by atomic mass is 10.2. The Bertz CT molecular complexity index is 515. The average molecular weight is 241 g/mol. The third-order valence-electron chi connectivity index (χ3n) is 2.03. The van der Waals surface area contributed by atoms with Gasteiger partial charge in [-0.15, -0.1) is 0 Å². The third kappa shape index (κ3) is 1.53. The summed E-state index contributed by atoms with van der Waals surface area (Å²) in [7, 11) is 0. The van der Waals surface area contributed by atoms with Crippen molar-refractivity contribution >= 4 is 23.1 Å². The van der Waals surface area contributed by atoms with E-state index in [4.69, 9.17) is 21.1 Å². The molecule has 4 nitrogen and oxygen atoms in total. The highest BCUT2D eigenvalue weighted by atomic mass is 35.5. The topological polar surface area (TPSA) is 44.2 Å². The zero-order valence-corrected chi connectivity index (χ0v) is 9.01. The monoisotopic (exact) mass is 240 g/mol. The van der Waals surface area contributed by atoms with E-state index >= 15 is 0 Å². The van der Waals surface area contributed by atoms with Crippen LogP contribution in [-0.4, -0.2) is 16.2 Å². The number of nitrogens with zero attached hydrogens (tertiary/aromatic N) is 2. The van der Waals surface area contributed by atoms with Gasteiger partial charge in [-0.3, -0.25) is 0 Å². The molecule has 76 valence electrons. The first-order chi connectivity index (χ1) is 7.33. The fourth-order valence-electron chi connectivity index (χ4n) is 1.36. The summed E-state index contributed by atoms with van der Waals surface area (Å²) in [5, 5.41) is 0. The second kappa shape index (κ2) is 3.36. The molecule has 1 aromatic carbocycles. The quantitative estimate of drug-likeness (QED) is 0.769. The maximum atomic E-state index is 5.72. The number of hydrogen-bond donors (Lipinski definition) is 0. The lowest BCUT2D eigenvalue weighted by molar-refractivity contribution is 0.174. The van der Waals surface area contributed by atoms with Crippen molar-refractivity contribution in [1.29, 1.82) is 0 Å². The predicted molar refractivity (Wildman–Crippen MR) is 56.5 cm³/mol. The number of aromatic nitrogens is 2. The molecule has 0 amide bonds. The summed E-state index contributed by atoms with van der Waals surface area (Å²) in [4.78, 5) is 4.08. The molecule has 0 radical (unpaired) electrons. The van der Waals surface area contributed by atoms with Crippen LogP contribution in [0.5, 0.6) is 11.5 Å². The van der Waals surface area contributed by atoms with Crippen molar-refractivity contribution in [3.8, 4) is 22.9 Å². The SMILES string of the molecule is Clc1nc(-c2ccc3c(c2)OCO3)ns1. The zero-order valence-electron chi connectivity index (χ0n) is 7.44. The minimum Gasteiger partial charge on any atom is -0.454 e. The minimum atomic E-state index is 0.268. The molecule has 0 atom stereocenters. The predicted octanol–water partition coefficient (Wildman–Crippen LogP) is 2.59. The number of halogens is 1.